The molecule has 3 aromatic rings. The highest BCUT2D eigenvalue weighted by atomic mass is 28.4. The summed E-state index contributed by atoms with van der Waals surface area (Å²) in [5, 5.41) is 17.7. The molecule has 0 aliphatic carbocycles. The van der Waals surface area contributed by atoms with Crippen molar-refractivity contribution in [2.45, 2.75) is 103 Å². The number of benzene rings is 2. The molecule has 0 radical (unpaired) electrons. The number of aromatic nitrogens is 3. The van der Waals surface area contributed by atoms with Gasteiger partial charge in [0.25, 0.3) is 5.91 Å². The van der Waals surface area contributed by atoms with E-state index in [-0.39, 0.29) is 29.9 Å². The Morgan fingerprint density at radius 1 is 1.08 bits per heavy atom. The average Bonchev–Trinajstić information content (AvgIpc) is 3.71. The van der Waals surface area contributed by atoms with E-state index in [2.05, 4.69) is 49.3 Å². The predicted octanol–water partition coefficient (Wildman–Crippen LogP) is 6.35. The number of para-hydroxylation sites is 1. The van der Waals surface area contributed by atoms with Crippen molar-refractivity contribution < 1.29 is 24.2 Å². The van der Waals surface area contributed by atoms with Crippen LogP contribution >= 0.6 is 0 Å². The third kappa shape index (κ3) is 6.76. The Morgan fingerprint density at radius 3 is 2.60 bits per heavy atom. The highest BCUT2D eigenvalue weighted by Gasteiger charge is 2.66. The maximum Gasteiger partial charge on any atom is 0.264 e. The molecule has 0 saturated carbocycles. The quantitative estimate of drug-likeness (QED) is 0.167. The van der Waals surface area contributed by atoms with Crippen molar-refractivity contribution in [3.8, 4) is 0 Å². The number of rotatable bonds is 12. The first-order chi connectivity index (χ1) is 23.8. The van der Waals surface area contributed by atoms with Crippen molar-refractivity contribution in [3.05, 3.63) is 88.8 Å². The van der Waals surface area contributed by atoms with Gasteiger partial charge in [0.15, 0.2) is 13.9 Å². The molecule has 2 amide bonds. The van der Waals surface area contributed by atoms with Crippen LogP contribution in [-0.2, 0) is 39.3 Å². The zero-order chi connectivity index (χ0) is 35.8. The number of hydrogen-bond acceptors (Lipinski definition) is 7. The van der Waals surface area contributed by atoms with Gasteiger partial charge >= 0.3 is 0 Å². The third-order valence-corrected chi connectivity index (χ3v) is 13.1. The maximum absolute atomic E-state index is 15.0. The topological polar surface area (TPSA) is 121 Å². The summed E-state index contributed by atoms with van der Waals surface area (Å²) in [6, 6.07) is 13.9. The minimum Gasteiger partial charge on any atom is -0.432 e. The molecule has 2 N–H and O–H groups in total. The number of allylic oxidation sites excluding steroid dienone is 3. The third-order valence-electron chi connectivity index (χ3n) is 10.6. The van der Waals surface area contributed by atoms with Crippen LogP contribution in [0.3, 0.4) is 0 Å². The SMILES string of the molecule is CC(C)=CCC/C(C)=C/CN1C(=O)[C@@]2(O[C@@H](CCn3cc(CCO)nn3)[C@H]([Si](C)(C)O)[C@H]2C)c2cc(N3C(=O)CCc4ccccc43)ccc21. The van der Waals surface area contributed by atoms with E-state index < -0.39 is 20.0 Å². The molecule has 2 aromatic carbocycles. The molecule has 3 aliphatic heterocycles. The van der Waals surface area contributed by atoms with Gasteiger partial charge in [-0.05, 0) is 89.4 Å². The first-order valence-corrected chi connectivity index (χ1v) is 20.9. The lowest BCUT2D eigenvalue weighted by molar-refractivity contribution is -0.145. The Balaban J connectivity index is 1.41. The molecule has 3 aliphatic rings. The number of aliphatic hydroxyl groups excluding tert-OH is 1. The van der Waals surface area contributed by atoms with E-state index in [1.165, 1.54) is 11.1 Å². The van der Waals surface area contributed by atoms with Crippen LogP contribution in [0.15, 0.2) is 72.0 Å². The Labute approximate surface area is 296 Å². The Bertz CT molecular complexity index is 1810. The van der Waals surface area contributed by atoms with Gasteiger partial charge in [0.05, 0.1) is 23.2 Å². The molecule has 1 fully saturated rings. The molecule has 0 bridgehead atoms. The summed E-state index contributed by atoms with van der Waals surface area (Å²) in [5.41, 5.74) is 5.83. The minimum absolute atomic E-state index is 0.00433. The zero-order valence-corrected chi connectivity index (χ0v) is 31.2. The molecule has 11 heteroatoms. The standard InChI is InChI=1S/C39H51N5O5Si/c1-26(2)10-9-11-27(3)18-22-43-34-16-15-31(44-33-13-8-7-12-29(33)14-17-36(44)46)24-32(34)39(38(43)47)28(4)37(50(5,6)48)35(49-39)19-21-42-25-30(20-23-45)40-41-42/h7-8,10,12-13,15-16,18,24-25,28,35,37,45,48H,9,11,14,17,19-23H2,1-6H3/b27-18+/t28-,35+,37-,39+/m1/s1. The van der Waals surface area contributed by atoms with Crippen molar-refractivity contribution in [1.82, 2.24) is 15.0 Å². The van der Waals surface area contributed by atoms with Crippen LogP contribution in [0.5, 0.6) is 0 Å². The van der Waals surface area contributed by atoms with Crippen LogP contribution in [0.2, 0.25) is 18.6 Å². The number of carbonyl (C=O) groups is 2. The highest BCUT2D eigenvalue weighted by molar-refractivity contribution is 6.71. The van der Waals surface area contributed by atoms with Gasteiger partial charge < -0.3 is 19.5 Å². The van der Waals surface area contributed by atoms with Gasteiger partial charge in [-0.2, -0.15) is 0 Å². The van der Waals surface area contributed by atoms with Gasteiger partial charge in [0.1, 0.15) is 0 Å². The normalized spacial score (nSPS) is 23.5. The number of fused-ring (bicyclic) bond motifs is 3. The van der Waals surface area contributed by atoms with Gasteiger partial charge in [-0.25, -0.2) is 0 Å². The molecule has 1 saturated heterocycles. The molecule has 6 rings (SSSR count). The van der Waals surface area contributed by atoms with Gasteiger partial charge in [0.2, 0.25) is 5.91 Å². The Hall–Kier alpha value is -3.90. The smallest absolute Gasteiger partial charge is 0.264 e. The van der Waals surface area contributed by atoms with Crippen molar-refractivity contribution >= 4 is 37.2 Å². The number of anilines is 3. The molecular weight excluding hydrogens is 647 g/mol. The van der Waals surface area contributed by atoms with Gasteiger partial charge in [-0.1, -0.05) is 53.6 Å². The summed E-state index contributed by atoms with van der Waals surface area (Å²) in [7, 11) is -2.88. The van der Waals surface area contributed by atoms with Gasteiger partial charge in [-0.3, -0.25) is 19.2 Å². The summed E-state index contributed by atoms with van der Waals surface area (Å²) in [5.74, 6) is -0.451. The maximum atomic E-state index is 15.0. The molecular formula is C39H51N5O5Si. The fraction of sp³-hybridized carbons (Fsp3) is 0.487. The van der Waals surface area contributed by atoms with Crippen LogP contribution in [0.1, 0.15) is 70.2 Å². The van der Waals surface area contributed by atoms with E-state index >= 15 is 0 Å². The number of aryl methyl sites for hydroxylation is 2. The lowest BCUT2D eigenvalue weighted by Crippen LogP contribution is -2.46. The average molecular weight is 698 g/mol. The monoisotopic (exact) mass is 697 g/mol. The second kappa shape index (κ2) is 14.4. The van der Waals surface area contributed by atoms with E-state index in [1.807, 2.05) is 67.5 Å². The molecule has 4 heterocycles. The van der Waals surface area contributed by atoms with Crippen molar-refractivity contribution in [2.24, 2.45) is 5.92 Å². The molecule has 10 nitrogen and oxygen atoms in total. The summed E-state index contributed by atoms with van der Waals surface area (Å²) in [4.78, 5) is 43.9. The largest absolute Gasteiger partial charge is 0.432 e. The second-order valence-electron chi connectivity index (χ2n) is 14.9. The second-order valence-corrected chi connectivity index (χ2v) is 18.9. The van der Waals surface area contributed by atoms with Crippen LogP contribution < -0.4 is 9.80 Å². The summed E-state index contributed by atoms with van der Waals surface area (Å²) in [6.07, 6.45) is 9.67. The molecule has 1 spiro atoms. The van der Waals surface area contributed by atoms with Crippen molar-refractivity contribution in [2.75, 3.05) is 23.0 Å². The first kappa shape index (κ1) is 35.9. The van der Waals surface area contributed by atoms with Gasteiger partial charge in [0, 0.05) is 61.4 Å². The van der Waals surface area contributed by atoms with Gasteiger partial charge in [-0.15, -0.1) is 5.10 Å². The fourth-order valence-electron chi connectivity index (χ4n) is 8.24. The van der Waals surface area contributed by atoms with Crippen LogP contribution in [-0.4, -0.2) is 64.3 Å². The highest BCUT2D eigenvalue weighted by Crippen LogP contribution is 2.60. The molecule has 1 aromatic heterocycles. The summed E-state index contributed by atoms with van der Waals surface area (Å²) < 4.78 is 8.83. The molecule has 4 atom stereocenters. The van der Waals surface area contributed by atoms with E-state index in [1.54, 1.807) is 9.58 Å². The minimum atomic E-state index is -2.88. The Kier molecular flexibility index (Phi) is 10.3. The van der Waals surface area contributed by atoms with Crippen molar-refractivity contribution in [1.29, 1.82) is 0 Å². The summed E-state index contributed by atoms with van der Waals surface area (Å²) in [6.45, 7) is 13.1. The lowest BCUT2D eigenvalue weighted by Gasteiger charge is -2.33. The van der Waals surface area contributed by atoms with E-state index in [9.17, 15) is 19.5 Å². The number of aliphatic hydroxyl groups is 1. The van der Waals surface area contributed by atoms with Crippen LogP contribution in [0, 0.1) is 5.92 Å². The van der Waals surface area contributed by atoms with E-state index in [0.717, 1.165) is 35.3 Å². The van der Waals surface area contributed by atoms with E-state index in [4.69, 9.17) is 4.74 Å². The number of nitrogens with zero attached hydrogens (tertiary/aromatic N) is 5. The molecule has 266 valence electrons. The van der Waals surface area contributed by atoms with E-state index in [0.29, 0.717) is 50.2 Å². The number of amides is 2. The zero-order valence-electron chi connectivity index (χ0n) is 30.2. The molecule has 50 heavy (non-hydrogen) atoms. The first-order valence-electron chi connectivity index (χ1n) is 17.9. The Morgan fingerprint density at radius 2 is 1.86 bits per heavy atom. The van der Waals surface area contributed by atoms with Crippen LogP contribution in [0.25, 0.3) is 0 Å². The summed E-state index contributed by atoms with van der Waals surface area (Å²) >= 11 is 0. The number of ether oxygens (including phenoxy) is 1. The lowest BCUT2D eigenvalue weighted by atomic mass is 9.82. The number of carbonyl (C=O) groups excluding carboxylic acids is 2. The van der Waals surface area contributed by atoms with Crippen LogP contribution in [0.4, 0.5) is 17.1 Å². The fourth-order valence-corrected chi connectivity index (χ4v) is 10.8. The number of hydrogen-bond donors (Lipinski definition) is 2. The van der Waals surface area contributed by atoms with Crippen molar-refractivity contribution in [3.63, 3.8) is 0 Å². The molecule has 0 unspecified atom stereocenters. The predicted molar refractivity (Wildman–Crippen MR) is 198 cm³/mol.